The molecule has 4 rings (SSSR count). The van der Waals surface area contributed by atoms with E-state index in [1.807, 2.05) is 12.1 Å². The molecular weight excluding hydrogens is 279 g/mol. The number of pyridine rings is 1. The number of halogens is 1. The number of aromatic amines is 1. The van der Waals surface area contributed by atoms with Crippen LogP contribution in [0.5, 0.6) is 0 Å². The summed E-state index contributed by atoms with van der Waals surface area (Å²) in [4.78, 5) is 7.82. The van der Waals surface area contributed by atoms with Crippen molar-refractivity contribution in [3.05, 3.63) is 53.1 Å². The summed E-state index contributed by atoms with van der Waals surface area (Å²) in [6, 6.07) is 7.13. The van der Waals surface area contributed by atoms with Crippen LogP contribution in [0.1, 0.15) is 16.8 Å². The number of hydrogen-bond acceptors (Lipinski definition) is 3. The van der Waals surface area contributed by atoms with Gasteiger partial charge in [-0.3, -0.25) is 0 Å². The number of fused-ring (bicyclic) bond motifs is 3. The molecule has 0 radical (unpaired) electrons. The van der Waals surface area contributed by atoms with Crippen LogP contribution in [0.2, 0.25) is 0 Å². The summed E-state index contributed by atoms with van der Waals surface area (Å²) in [7, 11) is 0. The van der Waals surface area contributed by atoms with Crippen molar-refractivity contribution < 1.29 is 4.39 Å². The molecule has 0 unspecified atom stereocenters. The van der Waals surface area contributed by atoms with Crippen LogP contribution in [0.3, 0.4) is 0 Å². The van der Waals surface area contributed by atoms with Crippen molar-refractivity contribution in [3.8, 4) is 0 Å². The number of benzene rings is 1. The van der Waals surface area contributed by atoms with Crippen molar-refractivity contribution in [1.82, 2.24) is 15.3 Å². The monoisotopic (exact) mass is 296 g/mol. The van der Waals surface area contributed by atoms with Gasteiger partial charge < -0.3 is 15.6 Å². The first-order valence-corrected chi connectivity index (χ1v) is 7.45. The summed E-state index contributed by atoms with van der Waals surface area (Å²) in [5, 5.41) is 7.80. The predicted molar refractivity (Wildman–Crippen MR) is 85.9 cm³/mol. The number of aryl methyl sites for hydroxylation is 1. The first kappa shape index (κ1) is 13.3. The number of H-pyrrole nitrogens is 1. The minimum Gasteiger partial charge on any atom is -0.355 e. The number of rotatable bonds is 2. The summed E-state index contributed by atoms with van der Waals surface area (Å²) in [6.07, 6.45) is 2.74. The van der Waals surface area contributed by atoms with E-state index >= 15 is 0 Å². The SMILES string of the molecule is Cc1ccc(Nc2ccnc3[nH]c4c(c23)CNCC4)cc1F. The molecule has 2 aromatic heterocycles. The summed E-state index contributed by atoms with van der Waals surface area (Å²) >= 11 is 0. The second-order valence-electron chi connectivity index (χ2n) is 5.68. The highest BCUT2D eigenvalue weighted by molar-refractivity contribution is 5.95. The Morgan fingerprint density at radius 1 is 1.27 bits per heavy atom. The minimum atomic E-state index is -0.201. The fraction of sp³-hybridized carbons (Fsp3) is 0.235. The Kier molecular flexibility index (Phi) is 3.08. The number of nitrogens with one attached hydrogen (secondary N) is 3. The lowest BCUT2D eigenvalue weighted by Crippen LogP contribution is -2.23. The normalized spacial score (nSPS) is 14.1. The van der Waals surface area contributed by atoms with Crippen molar-refractivity contribution in [2.45, 2.75) is 19.9 Å². The molecule has 0 atom stereocenters. The molecule has 0 fully saturated rings. The second-order valence-corrected chi connectivity index (χ2v) is 5.68. The maximum Gasteiger partial charge on any atom is 0.139 e. The summed E-state index contributed by atoms with van der Waals surface area (Å²) < 4.78 is 13.7. The molecule has 3 N–H and O–H groups in total. The van der Waals surface area contributed by atoms with Crippen molar-refractivity contribution in [2.24, 2.45) is 0 Å². The van der Waals surface area contributed by atoms with Gasteiger partial charge in [0, 0.05) is 42.5 Å². The Labute approximate surface area is 127 Å². The van der Waals surface area contributed by atoms with Crippen molar-refractivity contribution in [1.29, 1.82) is 0 Å². The third kappa shape index (κ3) is 2.14. The van der Waals surface area contributed by atoms with Gasteiger partial charge in [-0.2, -0.15) is 0 Å². The molecule has 0 spiro atoms. The lowest BCUT2D eigenvalue weighted by Gasteiger charge is -2.14. The lowest BCUT2D eigenvalue weighted by atomic mass is 10.1. The third-order valence-electron chi connectivity index (χ3n) is 4.19. The molecule has 0 saturated carbocycles. The maximum absolute atomic E-state index is 13.7. The zero-order chi connectivity index (χ0) is 15.1. The minimum absolute atomic E-state index is 0.201. The van der Waals surface area contributed by atoms with Crippen molar-refractivity contribution in [2.75, 3.05) is 11.9 Å². The molecule has 0 bridgehead atoms. The molecule has 4 nitrogen and oxygen atoms in total. The van der Waals surface area contributed by atoms with E-state index in [0.29, 0.717) is 5.56 Å². The van der Waals surface area contributed by atoms with Gasteiger partial charge in [0.25, 0.3) is 0 Å². The van der Waals surface area contributed by atoms with E-state index in [4.69, 9.17) is 0 Å². The van der Waals surface area contributed by atoms with Gasteiger partial charge in [-0.1, -0.05) is 6.07 Å². The van der Waals surface area contributed by atoms with E-state index in [0.717, 1.165) is 41.9 Å². The molecule has 1 aliphatic rings. The second kappa shape index (κ2) is 5.10. The molecule has 3 heterocycles. The Bertz CT molecular complexity index is 853. The highest BCUT2D eigenvalue weighted by Gasteiger charge is 2.18. The van der Waals surface area contributed by atoms with Gasteiger partial charge in [0.1, 0.15) is 11.5 Å². The van der Waals surface area contributed by atoms with Gasteiger partial charge in [0.05, 0.1) is 5.69 Å². The smallest absolute Gasteiger partial charge is 0.139 e. The van der Waals surface area contributed by atoms with Gasteiger partial charge in [-0.15, -0.1) is 0 Å². The quantitative estimate of drug-likeness (QED) is 0.679. The molecule has 0 saturated heterocycles. The largest absolute Gasteiger partial charge is 0.355 e. The average molecular weight is 296 g/mol. The fourth-order valence-corrected chi connectivity index (χ4v) is 3.00. The number of anilines is 2. The van der Waals surface area contributed by atoms with Crippen LogP contribution >= 0.6 is 0 Å². The molecule has 1 aliphatic heterocycles. The Balaban J connectivity index is 1.81. The van der Waals surface area contributed by atoms with Gasteiger partial charge in [0.15, 0.2) is 0 Å². The highest BCUT2D eigenvalue weighted by atomic mass is 19.1. The zero-order valence-corrected chi connectivity index (χ0v) is 12.3. The van der Waals surface area contributed by atoms with E-state index in [1.54, 1.807) is 19.2 Å². The first-order chi connectivity index (χ1) is 10.7. The Morgan fingerprint density at radius 2 is 2.18 bits per heavy atom. The zero-order valence-electron chi connectivity index (χ0n) is 12.3. The lowest BCUT2D eigenvalue weighted by molar-refractivity contribution is 0.619. The molecule has 0 amide bonds. The number of aromatic nitrogens is 2. The van der Waals surface area contributed by atoms with Gasteiger partial charge in [-0.05, 0) is 36.2 Å². The first-order valence-electron chi connectivity index (χ1n) is 7.45. The van der Waals surface area contributed by atoms with E-state index in [9.17, 15) is 4.39 Å². The van der Waals surface area contributed by atoms with Crippen molar-refractivity contribution >= 4 is 22.4 Å². The molecule has 0 aliphatic carbocycles. The Hall–Kier alpha value is -2.40. The van der Waals surface area contributed by atoms with E-state index in [2.05, 4.69) is 20.6 Å². The van der Waals surface area contributed by atoms with E-state index in [1.165, 1.54) is 17.3 Å². The van der Waals surface area contributed by atoms with Crippen LogP contribution in [-0.4, -0.2) is 16.5 Å². The molecule has 22 heavy (non-hydrogen) atoms. The molecular formula is C17H17FN4. The van der Waals surface area contributed by atoms with Crippen molar-refractivity contribution in [3.63, 3.8) is 0 Å². The van der Waals surface area contributed by atoms with Crippen LogP contribution < -0.4 is 10.6 Å². The molecule has 3 aromatic rings. The van der Waals surface area contributed by atoms with Crippen LogP contribution in [0.25, 0.3) is 11.0 Å². The molecule has 1 aromatic carbocycles. The molecule has 5 heteroatoms. The van der Waals surface area contributed by atoms with Crippen LogP contribution in [-0.2, 0) is 13.0 Å². The summed E-state index contributed by atoms with van der Waals surface area (Å²) in [5.74, 6) is -0.201. The Morgan fingerprint density at radius 3 is 3.05 bits per heavy atom. The van der Waals surface area contributed by atoms with Crippen LogP contribution in [0.15, 0.2) is 30.5 Å². The third-order valence-corrected chi connectivity index (χ3v) is 4.19. The fourth-order valence-electron chi connectivity index (χ4n) is 3.00. The molecule has 112 valence electrons. The summed E-state index contributed by atoms with van der Waals surface area (Å²) in [6.45, 7) is 3.57. The van der Waals surface area contributed by atoms with Crippen LogP contribution in [0, 0.1) is 12.7 Å². The van der Waals surface area contributed by atoms with Crippen LogP contribution in [0.4, 0.5) is 15.8 Å². The number of hydrogen-bond donors (Lipinski definition) is 3. The highest BCUT2D eigenvalue weighted by Crippen LogP contribution is 2.32. The summed E-state index contributed by atoms with van der Waals surface area (Å²) in [5.41, 5.74) is 5.72. The predicted octanol–water partition coefficient (Wildman–Crippen LogP) is 3.40. The van der Waals surface area contributed by atoms with E-state index in [-0.39, 0.29) is 5.82 Å². The standard InChI is InChI=1S/C17H17FN4/c1-10-2-3-11(8-13(10)18)21-15-5-7-20-17-16(15)12-9-19-6-4-14(12)22-17/h2-3,5,7-8,19H,4,6,9H2,1H3,(H2,20,21,22). The topological polar surface area (TPSA) is 52.7 Å². The van der Waals surface area contributed by atoms with E-state index < -0.39 is 0 Å². The van der Waals surface area contributed by atoms with Gasteiger partial charge in [-0.25, -0.2) is 9.37 Å². The maximum atomic E-state index is 13.7. The van der Waals surface area contributed by atoms with Gasteiger partial charge in [0.2, 0.25) is 0 Å². The number of nitrogens with zero attached hydrogens (tertiary/aromatic N) is 1. The van der Waals surface area contributed by atoms with Gasteiger partial charge >= 0.3 is 0 Å². The average Bonchev–Trinajstić information content (AvgIpc) is 2.90.